The first-order valence-electron chi connectivity index (χ1n) is 9.23. The fourth-order valence-corrected chi connectivity index (χ4v) is 5.24. The van der Waals surface area contributed by atoms with Crippen LogP contribution in [0.4, 0.5) is 11.4 Å². The van der Waals surface area contributed by atoms with Gasteiger partial charge in [0.05, 0.1) is 35.8 Å². The number of hydrogen-bond donors (Lipinski definition) is 1. The number of benzene rings is 2. The summed E-state index contributed by atoms with van der Waals surface area (Å²) in [6, 6.07) is 16.9. The smallest absolute Gasteiger partial charge is 0.0992 e. The number of nitrogens with zero attached hydrogens (tertiary/aromatic N) is 3. The second-order valence-electron chi connectivity index (χ2n) is 6.84. The highest BCUT2D eigenvalue weighted by atomic mass is 32.2. The van der Waals surface area contributed by atoms with Gasteiger partial charge in [-0.25, -0.2) is 0 Å². The van der Waals surface area contributed by atoms with E-state index in [1.54, 1.807) is 11.8 Å². The van der Waals surface area contributed by atoms with E-state index in [0.29, 0.717) is 5.56 Å². The van der Waals surface area contributed by atoms with E-state index < -0.39 is 0 Å². The van der Waals surface area contributed by atoms with Crippen molar-refractivity contribution >= 4 is 23.1 Å². The lowest BCUT2D eigenvalue weighted by Gasteiger charge is -2.44. The molecule has 26 heavy (non-hydrogen) atoms. The van der Waals surface area contributed by atoms with Crippen LogP contribution in [0.25, 0.3) is 0 Å². The highest BCUT2D eigenvalue weighted by molar-refractivity contribution is 7.99. The summed E-state index contributed by atoms with van der Waals surface area (Å²) in [6.07, 6.45) is 3.29. The Hall–Kier alpha value is -2.00. The standard InChI is InChI=1S/C21H23N3OS/c1-2-21(23-11-5-6-16(23)14-25)24-17-7-3-4-8-19(17)26-20-10-9-15(13-22)12-18(20)24/h3-4,7-10,12,16,21,25H,2,5-6,11,14H2,1H3. The lowest BCUT2D eigenvalue weighted by Crippen LogP contribution is -2.50. The normalized spacial score (nSPS) is 20.3. The molecule has 2 aliphatic rings. The van der Waals surface area contributed by atoms with E-state index in [1.165, 1.54) is 15.5 Å². The predicted octanol–water partition coefficient (Wildman–Crippen LogP) is 4.35. The van der Waals surface area contributed by atoms with Gasteiger partial charge in [-0.3, -0.25) is 4.90 Å². The van der Waals surface area contributed by atoms with Gasteiger partial charge in [0.2, 0.25) is 0 Å². The topological polar surface area (TPSA) is 50.5 Å². The molecule has 5 heteroatoms. The lowest BCUT2D eigenvalue weighted by molar-refractivity contribution is 0.118. The molecule has 0 aliphatic carbocycles. The van der Waals surface area contributed by atoms with Gasteiger partial charge in [-0.05, 0) is 49.6 Å². The van der Waals surface area contributed by atoms with Crippen LogP contribution in [0.1, 0.15) is 31.7 Å². The zero-order valence-corrected chi connectivity index (χ0v) is 15.7. The zero-order chi connectivity index (χ0) is 18.1. The van der Waals surface area contributed by atoms with E-state index in [9.17, 15) is 10.4 Å². The maximum absolute atomic E-state index is 9.84. The summed E-state index contributed by atoms with van der Waals surface area (Å²) >= 11 is 1.76. The molecule has 0 radical (unpaired) electrons. The third-order valence-electron chi connectivity index (χ3n) is 5.37. The van der Waals surface area contributed by atoms with Crippen molar-refractivity contribution in [2.75, 3.05) is 18.1 Å². The van der Waals surface area contributed by atoms with Crippen LogP contribution in [0.3, 0.4) is 0 Å². The maximum Gasteiger partial charge on any atom is 0.0992 e. The molecule has 0 aromatic heterocycles. The number of rotatable bonds is 4. The van der Waals surface area contributed by atoms with Gasteiger partial charge in [0.25, 0.3) is 0 Å². The third kappa shape index (κ3) is 2.88. The van der Waals surface area contributed by atoms with Crippen molar-refractivity contribution in [3.63, 3.8) is 0 Å². The number of aliphatic hydroxyl groups is 1. The summed E-state index contributed by atoms with van der Waals surface area (Å²) < 4.78 is 0. The first-order chi connectivity index (χ1) is 12.8. The second-order valence-corrected chi connectivity index (χ2v) is 7.92. The molecule has 2 aliphatic heterocycles. The predicted molar refractivity (Wildman–Crippen MR) is 105 cm³/mol. The minimum atomic E-state index is 0.171. The maximum atomic E-state index is 9.84. The summed E-state index contributed by atoms with van der Waals surface area (Å²) in [4.78, 5) is 7.25. The Kier molecular flexibility index (Phi) is 4.90. The molecule has 134 valence electrons. The van der Waals surface area contributed by atoms with Crippen LogP contribution in [0.2, 0.25) is 0 Å². The average Bonchev–Trinajstić information content (AvgIpc) is 3.16. The molecule has 4 rings (SSSR count). The highest BCUT2D eigenvalue weighted by Crippen LogP contribution is 2.50. The van der Waals surface area contributed by atoms with Crippen molar-refractivity contribution in [2.24, 2.45) is 0 Å². The molecule has 2 unspecified atom stereocenters. The van der Waals surface area contributed by atoms with E-state index >= 15 is 0 Å². The second kappa shape index (κ2) is 7.32. The molecule has 1 fully saturated rings. The Morgan fingerprint density at radius 3 is 2.81 bits per heavy atom. The minimum Gasteiger partial charge on any atom is -0.395 e. The Morgan fingerprint density at radius 1 is 1.23 bits per heavy atom. The van der Waals surface area contributed by atoms with E-state index in [4.69, 9.17) is 0 Å². The molecule has 0 bridgehead atoms. The number of likely N-dealkylation sites (tertiary alicyclic amines) is 1. The first kappa shape index (κ1) is 17.4. The lowest BCUT2D eigenvalue weighted by atomic mass is 10.1. The quantitative estimate of drug-likeness (QED) is 0.873. The largest absolute Gasteiger partial charge is 0.395 e. The van der Waals surface area contributed by atoms with Gasteiger partial charge in [0.15, 0.2) is 0 Å². The molecule has 1 saturated heterocycles. The SMILES string of the molecule is CCC(N1c2ccccc2Sc2ccc(C#N)cc21)N1CCCC1CO. The number of nitriles is 1. The fourth-order valence-electron chi connectivity index (χ4n) is 4.19. The third-order valence-corrected chi connectivity index (χ3v) is 6.50. The molecule has 2 aromatic carbocycles. The van der Waals surface area contributed by atoms with Gasteiger partial charge in [0.1, 0.15) is 0 Å². The fraction of sp³-hybridized carbons (Fsp3) is 0.381. The molecular formula is C21H23N3OS. The first-order valence-corrected chi connectivity index (χ1v) is 10.0. The number of hydrogen-bond acceptors (Lipinski definition) is 5. The summed E-state index contributed by atoms with van der Waals surface area (Å²) in [5.41, 5.74) is 2.97. The van der Waals surface area contributed by atoms with Gasteiger partial charge < -0.3 is 10.0 Å². The molecule has 4 nitrogen and oxygen atoms in total. The molecule has 2 heterocycles. The molecule has 2 aromatic rings. The molecular weight excluding hydrogens is 342 g/mol. The zero-order valence-electron chi connectivity index (χ0n) is 14.9. The Bertz CT molecular complexity index is 847. The minimum absolute atomic E-state index is 0.171. The van der Waals surface area contributed by atoms with E-state index in [0.717, 1.165) is 31.5 Å². The van der Waals surface area contributed by atoms with E-state index in [-0.39, 0.29) is 18.8 Å². The number of aliphatic hydroxyl groups excluding tert-OH is 1. The van der Waals surface area contributed by atoms with Crippen LogP contribution in [0.15, 0.2) is 52.3 Å². The summed E-state index contributed by atoms with van der Waals surface area (Å²) in [5.74, 6) is 0. The van der Waals surface area contributed by atoms with Crippen molar-refractivity contribution in [1.29, 1.82) is 5.26 Å². The van der Waals surface area contributed by atoms with Crippen LogP contribution in [-0.2, 0) is 0 Å². The van der Waals surface area contributed by atoms with Crippen molar-refractivity contribution in [3.8, 4) is 6.07 Å². The average molecular weight is 366 g/mol. The monoisotopic (exact) mass is 365 g/mol. The van der Waals surface area contributed by atoms with Crippen LogP contribution in [0.5, 0.6) is 0 Å². The van der Waals surface area contributed by atoms with Crippen LogP contribution >= 0.6 is 11.8 Å². The van der Waals surface area contributed by atoms with Gasteiger partial charge in [-0.15, -0.1) is 0 Å². The van der Waals surface area contributed by atoms with Gasteiger partial charge in [-0.1, -0.05) is 30.8 Å². The van der Waals surface area contributed by atoms with Gasteiger partial charge in [-0.2, -0.15) is 5.26 Å². The van der Waals surface area contributed by atoms with Crippen LogP contribution < -0.4 is 4.90 Å². The van der Waals surface area contributed by atoms with E-state index in [2.05, 4.69) is 53.1 Å². The van der Waals surface area contributed by atoms with Crippen molar-refractivity contribution in [3.05, 3.63) is 48.0 Å². The molecule has 1 N–H and O–H groups in total. The Balaban J connectivity index is 1.85. The highest BCUT2D eigenvalue weighted by Gasteiger charge is 2.36. The molecule has 0 amide bonds. The Morgan fingerprint density at radius 2 is 2.04 bits per heavy atom. The van der Waals surface area contributed by atoms with Crippen LogP contribution in [-0.4, -0.2) is 35.4 Å². The van der Waals surface area contributed by atoms with Crippen LogP contribution in [0, 0.1) is 11.3 Å². The number of para-hydroxylation sites is 1. The van der Waals surface area contributed by atoms with Gasteiger partial charge >= 0.3 is 0 Å². The number of fused-ring (bicyclic) bond motifs is 2. The Labute approximate surface area is 159 Å². The van der Waals surface area contributed by atoms with E-state index in [1.807, 2.05) is 12.1 Å². The molecule has 0 spiro atoms. The van der Waals surface area contributed by atoms with Crippen molar-refractivity contribution in [2.45, 2.75) is 48.2 Å². The summed E-state index contributed by atoms with van der Waals surface area (Å²) in [6.45, 7) is 3.41. The number of anilines is 2. The van der Waals surface area contributed by atoms with Gasteiger partial charge in [0, 0.05) is 22.4 Å². The summed E-state index contributed by atoms with van der Waals surface area (Å²) in [5, 5.41) is 19.2. The molecule has 2 atom stereocenters. The van der Waals surface area contributed by atoms with Crippen molar-refractivity contribution in [1.82, 2.24) is 4.90 Å². The van der Waals surface area contributed by atoms with Crippen molar-refractivity contribution < 1.29 is 5.11 Å². The summed E-state index contributed by atoms with van der Waals surface area (Å²) in [7, 11) is 0. The molecule has 0 saturated carbocycles.